The Morgan fingerprint density at radius 2 is 1.53 bits per heavy atom. The van der Waals surface area contributed by atoms with Gasteiger partial charge >= 0.3 is 0 Å². The maximum atomic E-state index is 13.0. The molecular formula is C25H24FNO3. The van der Waals surface area contributed by atoms with Gasteiger partial charge in [0.05, 0.1) is 0 Å². The molecule has 0 heterocycles. The van der Waals surface area contributed by atoms with Crippen molar-refractivity contribution in [1.29, 1.82) is 0 Å². The van der Waals surface area contributed by atoms with Crippen LogP contribution in [0.1, 0.15) is 46.8 Å². The second-order valence-electron chi connectivity index (χ2n) is 7.39. The summed E-state index contributed by atoms with van der Waals surface area (Å²) in [6.45, 7) is 5.97. The first-order valence-electron chi connectivity index (χ1n) is 9.77. The van der Waals surface area contributed by atoms with E-state index in [4.69, 9.17) is 4.74 Å². The average Bonchev–Trinajstić information content (AvgIpc) is 2.74. The van der Waals surface area contributed by atoms with Crippen LogP contribution < -0.4 is 10.1 Å². The summed E-state index contributed by atoms with van der Waals surface area (Å²) >= 11 is 0. The topological polar surface area (TPSA) is 55.4 Å². The van der Waals surface area contributed by atoms with Gasteiger partial charge in [-0.15, -0.1) is 0 Å². The van der Waals surface area contributed by atoms with Gasteiger partial charge in [0.25, 0.3) is 5.91 Å². The van der Waals surface area contributed by atoms with Crippen LogP contribution in [0, 0.1) is 12.7 Å². The van der Waals surface area contributed by atoms with E-state index in [0.717, 1.165) is 16.8 Å². The largest absolute Gasteiger partial charge is 0.484 e. The fourth-order valence-corrected chi connectivity index (χ4v) is 3.14. The molecule has 0 saturated heterocycles. The Bertz CT molecular complexity index is 1040. The van der Waals surface area contributed by atoms with E-state index in [1.54, 1.807) is 24.3 Å². The van der Waals surface area contributed by atoms with Crippen molar-refractivity contribution in [1.82, 2.24) is 0 Å². The molecule has 0 fully saturated rings. The zero-order chi connectivity index (χ0) is 21.7. The van der Waals surface area contributed by atoms with E-state index in [1.165, 1.54) is 24.3 Å². The van der Waals surface area contributed by atoms with Crippen LogP contribution >= 0.6 is 0 Å². The van der Waals surface area contributed by atoms with Crippen molar-refractivity contribution in [3.63, 3.8) is 0 Å². The number of para-hydroxylation sites is 1. The third-order valence-corrected chi connectivity index (χ3v) is 4.78. The molecule has 154 valence electrons. The van der Waals surface area contributed by atoms with Gasteiger partial charge in [-0.2, -0.15) is 0 Å². The summed E-state index contributed by atoms with van der Waals surface area (Å²) in [5.74, 6) is -0.0838. The van der Waals surface area contributed by atoms with Crippen LogP contribution in [0.2, 0.25) is 0 Å². The number of hydrogen-bond acceptors (Lipinski definition) is 3. The Labute approximate surface area is 175 Å². The van der Waals surface area contributed by atoms with E-state index >= 15 is 0 Å². The second-order valence-corrected chi connectivity index (χ2v) is 7.39. The Balaban J connectivity index is 1.61. The molecule has 0 atom stereocenters. The molecule has 0 aliphatic carbocycles. The molecule has 0 aliphatic heterocycles. The van der Waals surface area contributed by atoms with E-state index in [9.17, 15) is 14.0 Å². The van der Waals surface area contributed by atoms with Gasteiger partial charge in [-0.1, -0.05) is 32.0 Å². The molecule has 4 nitrogen and oxygen atoms in total. The predicted molar refractivity (Wildman–Crippen MR) is 116 cm³/mol. The summed E-state index contributed by atoms with van der Waals surface area (Å²) in [7, 11) is 0. The van der Waals surface area contributed by atoms with Gasteiger partial charge in [0.2, 0.25) is 0 Å². The molecule has 0 spiro atoms. The highest BCUT2D eigenvalue weighted by Crippen LogP contribution is 2.27. The quantitative estimate of drug-likeness (QED) is 0.528. The van der Waals surface area contributed by atoms with E-state index < -0.39 is 0 Å². The van der Waals surface area contributed by atoms with Gasteiger partial charge in [-0.05, 0) is 72.5 Å². The Hall–Kier alpha value is -3.47. The summed E-state index contributed by atoms with van der Waals surface area (Å²) in [5, 5.41) is 2.94. The molecule has 1 N–H and O–H groups in total. The average molecular weight is 405 g/mol. The van der Waals surface area contributed by atoms with Crippen LogP contribution in [0.3, 0.4) is 0 Å². The van der Waals surface area contributed by atoms with E-state index in [1.807, 2.05) is 25.1 Å². The van der Waals surface area contributed by atoms with Gasteiger partial charge in [0.15, 0.2) is 12.4 Å². The molecule has 3 aromatic rings. The van der Waals surface area contributed by atoms with E-state index in [0.29, 0.717) is 16.9 Å². The van der Waals surface area contributed by atoms with Crippen molar-refractivity contribution in [2.45, 2.75) is 26.7 Å². The summed E-state index contributed by atoms with van der Waals surface area (Å²) < 4.78 is 18.6. The van der Waals surface area contributed by atoms with Crippen LogP contribution in [0.5, 0.6) is 5.75 Å². The Morgan fingerprint density at radius 3 is 2.13 bits per heavy atom. The van der Waals surface area contributed by atoms with Gasteiger partial charge in [-0.3, -0.25) is 9.59 Å². The van der Waals surface area contributed by atoms with Crippen LogP contribution in [-0.2, 0) is 4.79 Å². The molecule has 0 radical (unpaired) electrons. The number of benzene rings is 3. The second kappa shape index (κ2) is 9.35. The molecular weight excluding hydrogens is 381 g/mol. The number of amides is 1. The van der Waals surface area contributed by atoms with Crippen LogP contribution in [0.15, 0.2) is 66.7 Å². The lowest BCUT2D eigenvalue weighted by Gasteiger charge is -2.16. The van der Waals surface area contributed by atoms with Gasteiger partial charge in [0, 0.05) is 16.8 Å². The number of rotatable bonds is 7. The normalized spacial score (nSPS) is 10.7. The smallest absolute Gasteiger partial charge is 0.262 e. The Morgan fingerprint density at radius 1 is 0.933 bits per heavy atom. The van der Waals surface area contributed by atoms with Crippen molar-refractivity contribution in [3.05, 3.63) is 94.8 Å². The lowest BCUT2D eigenvalue weighted by Crippen LogP contribution is -2.21. The van der Waals surface area contributed by atoms with Crippen LogP contribution in [-0.4, -0.2) is 18.3 Å². The number of ketones is 1. The minimum absolute atomic E-state index is 0.142. The molecule has 0 saturated carbocycles. The predicted octanol–water partition coefficient (Wildman–Crippen LogP) is 5.51. The van der Waals surface area contributed by atoms with Crippen molar-refractivity contribution in [2.75, 3.05) is 11.9 Å². The highest BCUT2D eigenvalue weighted by Gasteiger charge is 2.13. The standard InChI is InChI=1S/C25H24FNO3/c1-16(2)22-6-4-5-17(3)24(22)27-23(28)15-30-21-13-9-19(10-14-21)25(29)18-7-11-20(26)12-8-18/h4-14,16H,15H2,1-3H3,(H,27,28). The first-order chi connectivity index (χ1) is 14.3. The van der Waals surface area contributed by atoms with Crippen LogP contribution in [0.4, 0.5) is 10.1 Å². The molecule has 5 heteroatoms. The summed E-state index contributed by atoms with van der Waals surface area (Å²) in [5.41, 5.74) is 3.76. The molecule has 0 bridgehead atoms. The first-order valence-corrected chi connectivity index (χ1v) is 9.77. The van der Waals surface area contributed by atoms with Crippen molar-refractivity contribution in [3.8, 4) is 5.75 Å². The van der Waals surface area contributed by atoms with E-state index in [2.05, 4.69) is 19.2 Å². The third kappa shape index (κ3) is 5.11. The number of halogens is 1. The van der Waals surface area contributed by atoms with Gasteiger partial charge in [-0.25, -0.2) is 4.39 Å². The van der Waals surface area contributed by atoms with Crippen molar-refractivity contribution >= 4 is 17.4 Å². The number of hydrogen-bond donors (Lipinski definition) is 1. The van der Waals surface area contributed by atoms with E-state index in [-0.39, 0.29) is 30.0 Å². The highest BCUT2D eigenvalue weighted by atomic mass is 19.1. The maximum Gasteiger partial charge on any atom is 0.262 e. The number of nitrogens with one attached hydrogen (secondary N) is 1. The number of aryl methyl sites for hydroxylation is 1. The number of carbonyl (C=O) groups is 2. The Kier molecular flexibility index (Phi) is 6.62. The maximum absolute atomic E-state index is 13.0. The molecule has 0 unspecified atom stereocenters. The lowest BCUT2D eigenvalue weighted by atomic mass is 9.98. The summed E-state index contributed by atoms with van der Waals surface area (Å²) in [6.07, 6.45) is 0. The molecule has 3 aromatic carbocycles. The molecule has 0 aromatic heterocycles. The fraction of sp³-hybridized carbons (Fsp3) is 0.200. The minimum Gasteiger partial charge on any atom is -0.484 e. The first kappa shape index (κ1) is 21.2. The molecule has 0 aliphatic rings. The SMILES string of the molecule is Cc1cccc(C(C)C)c1NC(=O)COc1ccc(C(=O)c2ccc(F)cc2)cc1. The molecule has 30 heavy (non-hydrogen) atoms. The number of anilines is 1. The summed E-state index contributed by atoms with van der Waals surface area (Å²) in [4.78, 5) is 24.8. The highest BCUT2D eigenvalue weighted by molar-refractivity contribution is 6.09. The molecule has 1 amide bonds. The van der Waals surface area contributed by atoms with Gasteiger partial charge in [0.1, 0.15) is 11.6 Å². The molecule has 3 rings (SSSR count). The van der Waals surface area contributed by atoms with Gasteiger partial charge < -0.3 is 10.1 Å². The van der Waals surface area contributed by atoms with Crippen molar-refractivity contribution < 1.29 is 18.7 Å². The summed E-state index contributed by atoms with van der Waals surface area (Å²) in [6, 6.07) is 17.9. The minimum atomic E-state index is -0.389. The van der Waals surface area contributed by atoms with Crippen molar-refractivity contribution in [2.24, 2.45) is 0 Å². The number of carbonyl (C=O) groups excluding carboxylic acids is 2. The number of ether oxygens (including phenoxy) is 1. The lowest BCUT2D eigenvalue weighted by molar-refractivity contribution is -0.118. The fourth-order valence-electron chi connectivity index (χ4n) is 3.14. The zero-order valence-electron chi connectivity index (χ0n) is 17.2. The van der Waals surface area contributed by atoms with Crippen LogP contribution in [0.25, 0.3) is 0 Å². The zero-order valence-corrected chi connectivity index (χ0v) is 17.2. The third-order valence-electron chi connectivity index (χ3n) is 4.78. The monoisotopic (exact) mass is 405 g/mol.